The Balaban J connectivity index is 2.26. The van der Waals surface area contributed by atoms with Gasteiger partial charge in [0.15, 0.2) is 0 Å². The third-order valence-corrected chi connectivity index (χ3v) is 5.94. The first-order chi connectivity index (χ1) is 9.34. The first-order valence-corrected chi connectivity index (χ1v) is 8.62. The van der Waals surface area contributed by atoms with Gasteiger partial charge in [-0.25, -0.2) is 8.42 Å². The van der Waals surface area contributed by atoms with Crippen molar-refractivity contribution in [1.82, 2.24) is 9.62 Å². The SMILES string of the molecule is CNC(=O)c1cc(S(=O)(=O)N2CC(C)OC(C)C2)cs1. The quantitative estimate of drug-likeness (QED) is 0.898. The minimum atomic E-state index is -3.57. The monoisotopic (exact) mass is 318 g/mol. The number of hydrogen-bond donors (Lipinski definition) is 1. The molecule has 20 heavy (non-hydrogen) atoms. The molecule has 1 N–H and O–H groups in total. The molecule has 1 aromatic rings. The molecule has 0 bridgehead atoms. The summed E-state index contributed by atoms with van der Waals surface area (Å²) in [5.41, 5.74) is 0. The fraction of sp³-hybridized carbons (Fsp3) is 0.583. The second kappa shape index (κ2) is 5.80. The van der Waals surface area contributed by atoms with Gasteiger partial charge in [-0.15, -0.1) is 11.3 Å². The summed E-state index contributed by atoms with van der Waals surface area (Å²) in [5.74, 6) is -0.278. The van der Waals surface area contributed by atoms with Gasteiger partial charge in [-0.2, -0.15) is 4.31 Å². The van der Waals surface area contributed by atoms with Gasteiger partial charge in [0, 0.05) is 25.5 Å². The lowest BCUT2D eigenvalue weighted by Gasteiger charge is -2.34. The van der Waals surface area contributed by atoms with Crippen molar-refractivity contribution in [3.63, 3.8) is 0 Å². The molecule has 1 saturated heterocycles. The Hall–Kier alpha value is -0.960. The minimum absolute atomic E-state index is 0.134. The van der Waals surface area contributed by atoms with Crippen LogP contribution in [-0.2, 0) is 14.8 Å². The number of nitrogens with one attached hydrogen (secondary N) is 1. The third kappa shape index (κ3) is 3.03. The number of thiophene rings is 1. The van der Waals surface area contributed by atoms with Crippen LogP contribution in [-0.4, -0.2) is 51.0 Å². The number of carbonyl (C=O) groups is 1. The van der Waals surface area contributed by atoms with Gasteiger partial charge in [-0.1, -0.05) is 0 Å². The van der Waals surface area contributed by atoms with Gasteiger partial charge in [0.05, 0.1) is 22.0 Å². The van der Waals surface area contributed by atoms with Crippen LogP contribution >= 0.6 is 11.3 Å². The zero-order valence-electron chi connectivity index (χ0n) is 11.6. The summed E-state index contributed by atoms with van der Waals surface area (Å²) in [5, 5.41) is 3.99. The van der Waals surface area contributed by atoms with Gasteiger partial charge in [0.25, 0.3) is 5.91 Å². The number of sulfonamides is 1. The van der Waals surface area contributed by atoms with Crippen LogP contribution in [0.3, 0.4) is 0 Å². The molecule has 1 aromatic heterocycles. The number of rotatable bonds is 3. The molecule has 2 atom stereocenters. The maximum absolute atomic E-state index is 12.5. The second-order valence-electron chi connectivity index (χ2n) is 4.81. The Bertz CT molecular complexity index is 586. The first kappa shape index (κ1) is 15.4. The van der Waals surface area contributed by atoms with E-state index in [0.29, 0.717) is 18.0 Å². The van der Waals surface area contributed by atoms with E-state index in [-0.39, 0.29) is 23.0 Å². The lowest BCUT2D eigenvalue weighted by atomic mass is 10.3. The highest BCUT2D eigenvalue weighted by molar-refractivity contribution is 7.89. The predicted octanol–water partition coefficient (Wildman–Crippen LogP) is 0.906. The highest BCUT2D eigenvalue weighted by atomic mass is 32.2. The highest BCUT2D eigenvalue weighted by Crippen LogP contribution is 2.25. The molecular formula is C12H18N2O4S2. The summed E-state index contributed by atoms with van der Waals surface area (Å²) in [6, 6.07) is 1.42. The van der Waals surface area contributed by atoms with Crippen molar-refractivity contribution in [3.8, 4) is 0 Å². The van der Waals surface area contributed by atoms with Crippen molar-refractivity contribution in [1.29, 1.82) is 0 Å². The van der Waals surface area contributed by atoms with Crippen LogP contribution in [0.5, 0.6) is 0 Å². The predicted molar refractivity (Wildman–Crippen MR) is 76.5 cm³/mol. The molecule has 0 aromatic carbocycles. The van der Waals surface area contributed by atoms with Crippen molar-refractivity contribution in [2.24, 2.45) is 0 Å². The fourth-order valence-electron chi connectivity index (χ4n) is 2.17. The molecule has 0 saturated carbocycles. The summed E-state index contributed by atoms with van der Waals surface area (Å²) in [6.45, 7) is 4.36. The van der Waals surface area contributed by atoms with Crippen molar-refractivity contribution < 1.29 is 17.9 Å². The highest BCUT2D eigenvalue weighted by Gasteiger charge is 2.33. The van der Waals surface area contributed by atoms with E-state index in [1.807, 2.05) is 13.8 Å². The maximum atomic E-state index is 12.5. The summed E-state index contributed by atoms with van der Waals surface area (Å²) in [7, 11) is -2.05. The van der Waals surface area contributed by atoms with E-state index in [2.05, 4.69) is 5.32 Å². The van der Waals surface area contributed by atoms with E-state index >= 15 is 0 Å². The van der Waals surface area contributed by atoms with E-state index < -0.39 is 10.0 Å². The maximum Gasteiger partial charge on any atom is 0.261 e. The Kier molecular flexibility index (Phi) is 4.48. The van der Waals surface area contributed by atoms with Crippen LogP contribution in [0.2, 0.25) is 0 Å². The lowest BCUT2D eigenvalue weighted by molar-refractivity contribution is -0.0440. The molecule has 1 aliphatic heterocycles. The molecule has 1 aliphatic rings. The van der Waals surface area contributed by atoms with E-state index in [1.54, 1.807) is 0 Å². The fourth-order valence-corrected chi connectivity index (χ4v) is 4.97. The van der Waals surface area contributed by atoms with Gasteiger partial charge >= 0.3 is 0 Å². The number of carbonyl (C=O) groups excluding carboxylic acids is 1. The van der Waals surface area contributed by atoms with Gasteiger partial charge in [-0.05, 0) is 19.9 Å². The molecule has 2 rings (SSSR count). The smallest absolute Gasteiger partial charge is 0.261 e. The van der Waals surface area contributed by atoms with E-state index in [1.165, 1.54) is 22.8 Å². The molecular weight excluding hydrogens is 300 g/mol. The number of nitrogens with zero attached hydrogens (tertiary/aromatic N) is 1. The molecule has 2 heterocycles. The van der Waals surface area contributed by atoms with E-state index in [4.69, 9.17) is 4.74 Å². The molecule has 112 valence electrons. The molecule has 1 fully saturated rings. The zero-order chi connectivity index (χ0) is 14.9. The van der Waals surface area contributed by atoms with Crippen molar-refractivity contribution in [3.05, 3.63) is 16.3 Å². The molecule has 6 nitrogen and oxygen atoms in total. The van der Waals surface area contributed by atoms with Crippen molar-refractivity contribution >= 4 is 27.3 Å². The zero-order valence-corrected chi connectivity index (χ0v) is 13.3. The Labute approximate surface area is 122 Å². The topological polar surface area (TPSA) is 75.7 Å². The largest absolute Gasteiger partial charge is 0.373 e. The summed E-state index contributed by atoms with van der Waals surface area (Å²) in [6.07, 6.45) is -0.267. The summed E-state index contributed by atoms with van der Waals surface area (Å²) >= 11 is 1.13. The third-order valence-electron chi connectivity index (χ3n) is 3.05. The normalized spacial score (nSPS) is 24.6. The van der Waals surface area contributed by atoms with E-state index in [9.17, 15) is 13.2 Å². The van der Waals surface area contributed by atoms with Crippen LogP contribution in [0.1, 0.15) is 23.5 Å². The molecule has 0 aliphatic carbocycles. The second-order valence-corrected chi connectivity index (χ2v) is 7.65. The van der Waals surface area contributed by atoms with Crippen LogP contribution in [0.15, 0.2) is 16.3 Å². The average Bonchev–Trinajstić information content (AvgIpc) is 2.86. The lowest BCUT2D eigenvalue weighted by Crippen LogP contribution is -2.47. The number of ether oxygens (including phenoxy) is 1. The van der Waals surface area contributed by atoms with Gasteiger partial charge in [-0.3, -0.25) is 4.79 Å². The molecule has 2 unspecified atom stereocenters. The van der Waals surface area contributed by atoms with E-state index in [0.717, 1.165) is 11.3 Å². The summed E-state index contributed by atoms with van der Waals surface area (Å²) in [4.78, 5) is 12.1. The van der Waals surface area contributed by atoms with Crippen LogP contribution in [0.4, 0.5) is 0 Å². The molecule has 1 amide bonds. The first-order valence-electron chi connectivity index (χ1n) is 6.31. The number of morpholine rings is 1. The summed E-state index contributed by atoms with van der Waals surface area (Å²) < 4.78 is 32.1. The molecule has 8 heteroatoms. The molecule has 0 radical (unpaired) electrons. The van der Waals surface area contributed by atoms with Crippen LogP contribution < -0.4 is 5.32 Å². The molecule has 0 spiro atoms. The van der Waals surface area contributed by atoms with Gasteiger partial charge in [0.1, 0.15) is 0 Å². The van der Waals surface area contributed by atoms with Gasteiger partial charge < -0.3 is 10.1 Å². The Morgan fingerprint density at radius 2 is 2.00 bits per heavy atom. The van der Waals surface area contributed by atoms with Crippen molar-refractivity contribution in [2.45, 2.75) is 31.0 Å². The van der Waals surface area contributed by atoms with Crippen molar-refractivity contribution in [2.75, 3.05) is 20.1 Å². The number of hydrogen-bond acceptors (Lipinski definition) is 5. The van der Waals surface area contributed by atoms with Crippen LogP contribution in [0.25, 0.3) is 0 Å². The Morgan fingerprint density at radius 1 is 1.40 bits per heavy atom. The van der Waals surface area contributed by atoms with Gasteiger partial charge in [0.2, 0.25) is 10.0 Å². The van der Waals surface area contributed by atoms with Crippen LogP contribution in [0, 0.1) is 0 Å². The minimum Gasteiger partial charge on any atom is -0.373 e. The number of amides is 1. The Morgan fingerprint density at radius 3 is 2.55 bits per heavy atom. The standard InChI is InChI=1S/C12H18N2O4S2/c1-8-5-14(6-9(2)18-8)20(16,17)10-4-11(19-7-10)12(15)13-3/h4,7-9H,5-6H2,1-3H3,(H,13,15). The average molecular weight is 318 g/mol.